The van der Waals surface area contributed by atoms with Crippen LogP contribution in [0.15, 0.2) is 42.6 Å². The third-order valence-corrected chi connectivity index (χ3v) is 5.18. The molecule has 0 amide bonds. The van der Waals surface area contributed by atoms with E-state index in [1.807, 2.05) is 12.1 Å². The highest BCUT2D eigenvalue weighted by Gasteiger charge is 2.13. The molecule has 160 valence electrons. The summed E-state index contributed by atoms with van der Waals surface area (Å²) in [4.78, 5) is 9.30. The van der Waals surface area contributed by atoms with Crippen molar-refractivity contribution in [2.24, 2.45) is 5.92 Å². The van der Waals surface area contributed by atoms with Crippen LogP contribution in [0.4, 0.5) is 0 Å². The van der Waals surface area contributed by atoms with Crippen LogP contribution in [0.2, 0.25) is 0 Å². The van der Waals surface area contributed by atoms with Crippen LogP contribution in [0, 0.1) is 5.92 Å². The van der Waals surface area contributed by atoms with Crippen LogP contribution in [0.25, 0.3) is 22.6 Å². The Bertz CT molecular complexity index is 1100. The number of pyridine rings is 1. The van der Waals surface area contributed by atoms with Gasteiger partial charge in [0.15, 0.2) is 11.6 Å². The van der Waals surface area contributed by atoms with Gasteiger partial charge in [0.05, 0.1) is 0 Å². The Morgan fingerprint density at radius 1 is 1.10 bits per heavy atom. The van der Waals surface area contributed by atoms with Crippen molar-refractivity contribution in [2.75, 3.05) is 0 Å². The van der Waals surface area contributed by atoms with Gasteiger partial charge in [0.1, 0.15) is 11.5 Å². The zero-order valence-corrected chi connectivity index (χ0v) is 18.3. The van der Waals surface area contributed by atoms with Crippen LogP contribution < -0.4 is 0 Å². The highest BCUT2D eigenvalue weighted by Crippen LogP contribution is 2.28. The van der Waals surface area contributed by atoms with E-state index in [1.165, 1.54) is 5.56 Å². The molecular formula is C23H28N8. The first-order chi connectivity index (χ1) is 15.1. The van der Waals surface area contributed by atoms with Gasteiger partial charge in [0.25, 0.3) is 0 Å². The van der Waals surface area contributed by atoms with Crippen molar-refractivity contribution < 1.29 is 0 Å². The molecule has 1 aromatic carbocycles. The molecule has 0 atom stereocenters. The van der Waals surface area contributed by atoms with Crippen molar-refractivity contribution in [1.29, 1.82) is 0 Å². The summed E-state index contributed by atoms with van der Waals surface area (Å²) in [6.07, 6.45) is 5.59. The number of aryl methyl sites for hydroxylation is 2. The van der Waals surface area contributed by atoms with E-state index in [9.17, 15) is 0 Å². The maximum Gasteiger partial charge on any atom is 0.198 e. The van der Waals surface area contributed by atoms with Gasteiger partial charge in [-0.25, -0.2) is 14.8 Å². The van der Waals surface area contributed by atoms with Crippen LogP contribution in [-0.4, -0.2) is 40.4 Å². The molecule has 8 nitrogen and oxygen atoms in total. The standard InChI is InChI=1S/C23H28N8/c1-4-14-31-21(25-20(28-31)12-7-16(2)3)15-17-8-10-18(11-9-17)19-6-5-13-24-22(19)23-26-29-30-27-23/h5-6,8-11,13,16H,4,7,12,14-15H2,1-3H3,(H,26,27,29,30). The molecule has 0 aliphatic heterocycles. The molecule has 0 unspecified atom stereocenters. The predicted molar refractivity (Wildman–Crippen MR) is 119 cm³/mol. The third-order valence-electron chi connectivity index (χ3n) is 5.18. The second kappa shape index (κ2) is 9.59. The molecule has 0 fully saturated rings. The molecule has 0 aliphatic carbocycles. The molecule has 0 aliphatic rings. The average molecular weight is 417 g/mol. The van der Waals surface area contributed by atoms with Gasteiger partial charge in [0.2, 0.25) is 0 Å². The monoisotopic (exact) mass is 416 g/mol. The molecule has 0 radical (unpaired) electrons. The number of H-pyrrole nitrogens is 1. The third kappa shape index (κ3) is 5.02. The average Bonchev–Trinajstić information content (AvgIpc) is 3.44. The lowest BCUT2D eigenvalue weighted by atomic mass is 10.0. The number of aromatic nitrogens is 8. The van der Waals surface area contributed by atoms with Crippen LogP contribution >= 0.6 is 0 Å². The normalized spacial score (nSPS) is 11.4. The van der Waals surface area contributed by atoms with Crippen LogP contribution in [0.3, 0.4) is 0 Å². The maximum absolute atomic E-state index is 4.84. The summed E-state index contributed by atoms with van der Waals surface area (Å²) >= 11 is 0. The van der Waals surface area contributed by atoms with E-state index in [2.05, 4.69) is 75.3 Å². The van der Waals surface area contributed by atoms with Gasteiger partial charge in [-0.1, -0.05) is 51.1 Å². The Morgan fingerprint density at radius 2 is 1.94 bits per heavy atom. The highest BCUT2D eigenvalue weighted by molar-refractivity contribution is 5.77. The van der Waals surface area contributed by atoms with Crippen LogP contribution in [-0.2, 0) is 19.4 Å². The summed E-state index contributed by atoms with van der Waals surface area (Å²) in [6, 6.07) is 12.5. The molecule has 8 heteroatoms. The number of benzene rings is 1. The molecular weight excluding hydrogens is 388 g/mol. The van der Waals surface area contributed by atoms with Crippen molar-refractivity contribution in [3.8, 4) is 22.6 Å². The van der Waals surface area contributed by atoms with Crippen molar-refractivity contribution in [3.05, 3.63) is 59.8 Å². The second-order valence-electron chi connectivity index (χ2n) is 8.12. The Hall–Kier alpha value is -3.42. The highest BCUT2D eigenvalue weighted by atomic mass is 15.5. The minimum Gasteiger partial charge on any atom is -0.252 e. The van der Waals surface area contributed by atoms with Crippen molar-refractivity contribution in [2.45, 2.75) is 53.0 Å². The fourth-order valence-electron chi connectivity index (χ4n) is 3.54. The Labute approximate surface area is 182 Å². The van der Waals surface area contributed by atoms with E-state index in [0.29, 0.717) is 11.7 Å². The van der Waals surface area contributed by atoms with Gasteiger partial charge in [-0.15, -0.1) is 5.10 Å². The topological polar surface area (TPSA) is 98.1 Å². The van der Waals surface area contributed by atoms with Crippen LogP contribution in [0.1, 0.15) is 50.8 Å². The van der Waals surface area contributed by atoms with Gasteiger partial charge in [0, 0.05) is 31.1 Å². The van der Waals surface area contributed by atoms with Crippen molar-refractivity contribution in [3.63, 3.8) is 0 Å². The van der Waals surface area contributed by atoms with Gasteiger partial charge < -0.3 is 0 Å². The Kier molecular flexibility index (Phi) is 6.45. The van der Waals surface area contributed by atoms with E-state index in [0.717, 1.165) is 60.7 Å². The largest absolute Gasteiger partial charge is 0.252 e. The van der Waals surface area contributed by atoms with Crippen LogP contribution in [0.5, 0.6) is 0 Å². The second-order valence-corrected chi connectivity index (χ2v) is 8.12. The molecule has 4 rings (SSSR count). The van der Waals surface area contributed by atoms with Gasteiger partial charge in [-0.05, 0) is 46.4 Å². The smallest absolute Gasteiger partial charge is 0.198 e. The van der Waals surface area contributed by atoms with Crippen molar-refractivity contribution in [1.82, 2.24) is 40.4 Å². The van der Waals surface area contributed by atoms with E-state index >= 15 is 0 Å². The number of hydrogen-bond acceptors (Lipinski definition) is 6. The molecule has 0 spiro atoms. The fraction of sp³-hybridized carbons (Fsp3) is 0.391. The first-order valence-corrected chi connectivity index (χ1v) is 10.8. The van der Waals surface area contributed by atoms with E-state index in [4.69, 9.17) is 10.1 Å². The van der Waals surface area contributed by atoms with Gasteiger partial charge in [-0.2, -0.15) is 5.10 Å². The molecule has 0 bridgehead atoms. The summed E-state index contributed by atoms with van der Waals surface area (Å²) in [5.74, 6) is 3.19. The number of aromatic amines is 1. The first-order valence-electron chi connectivity index (χ1n) is 10.8. The Morgan fingerprint density at radius 3 is 2.65 bits per heavy atom. The molecule has 1 N–H and O–H groups in total. The number of hydrogen-bond donors (Lipinski definition) is 1. The zero-order chi connectivity index (χ0) is 21.6. The lowest BCUT2D eigenvalue weighted by Crippen LogP contribution is -2.06. The van der Waals surface area contributed by atoms with E-state index in [1.54, 1.807) is 6.20 Å². The van der Waals surface area contributed by atoms with Gasteiger partial charge >= 0.3 is 0 Å². The molecule has 0 saturated heterocycles. The molecule has 4 aromatic rings. The summed E-state index contributed by atoms with van der Waals surface area (Å²) in [5, 5.41) is 18.9. The minimum absolute atomic E-state index is 0.557. The molecule has 3 heterocycles. The lowest BCUT2D eigenvalue weighted by molar-refractivity contribution is 0.551. The molecule has 31 heavy (non-hydrogen) atoms. The summed E-state index contributed by atoms with van der Waals surface area (Å²) in [5.41, 5.74) is 3.99. The lowest BCUT2D eigenvalue weighted by Gasteiger charge is -2.08. The van der Waals surface area contributed by atoms with Gasteiger partial charge in [-0.3, -0.25) is 4.98 Å². The summed E-state index contributed by atoms with van der Waals surface area (Å²) < 4.78 is 2.07. The number of tetrazole rings is 1. The Balaban J connectivity index is 1.55. The summed E-state index contributed by atoms with van der Waals surface area (Å²) in [6.45, 7) is 7.53. The molecule has 0 saturated carbocycles. The number of nitrogens with one attached hydrogen (secondary N) is 1. The zero-order valence-electron chi connectivity index (χ0n) is 18.3. The maximum atomic E-state index is 4.84. The predicted octanol–water partition coefficient (Wildman–Crippen LogP) is 4.11. The van der Waals surface area contributed by atoms with E-state index in [-0.39, 0.29) is 0 Å². The minimum atomic E-state index is 0.557. The first kappa shape index (κ1) is 20.8. The number of rotatable bonds is 9. The summed E-state index contributed by atoms with van der Waals surface area (Å²) in [7, 11) is 0. The molecule has 3 aromatic heterocycles. The van der Waals surface area contributed by atoms with Crippen molar-refractivity contribution >= 4 is 0 Å². The SMILES string of the molecule is CCCn1nc(CCC(C)C)nc1Cc1ccc(-c2cccnc2-c2nnn[nH]2)cc1. The number of nitrogens with zero attached hydrogens (tertiary/aromatic N) is 7. The fourth-order valence-corrected chi connectivity index (χ4v) is 3.54. The quantitative estimate of drug-likeness (QED) is 0.441. The van der Waals surface area contributed by atoms with E-state index < -0.39 is 0 Å².